The highest BCUT2D eigenvalue weighted by molar-refractivity contribution is 6.10. The lowest BCUT2D eigenvalue weighted by Crippen LogP contribution is -2.50. The van der Waals surface area contributed by atoms with Crippen molar-refractivity contribution < 1.29 is 24.5 Å². The summed E-state index contributed by atoms with van der Waals surface area (Å²) in [5.74, 6) is 1.14. The second kappa shape index (κ2) is 11.6. The van der Waals surface area contributed by atoms with Crippen molar-refractivity contribution in [3.63, 3.8) is 0 Å². The first-order valence-electron chi connectivity index (χ1n) is 13.5. The van der Waals surface area contributed by atoms with E-state index < -0.39 is 5.41 Å². The summed E-state index contributed by atoms with van der Waals surface area (Å²) < 4.78 is 11.7. The number of aliphatic hydroxyl groups is 2. The van der Waals surface area contributed by atoms with Crippen molar-refractivity contribution in [2.24, 2.45) is 5.92 Å². The molecule has 4 atom stereocenters. The van der Waals surface area contributed by atoms with Crippen LogP contribution in [-0.2, 0) is 10.2 Å². The fourth-order valence-electron chi connectivity index (χ4n) is 6.22. The topological polar surface area (TPSA) is 76.0 Å². The molecule has 0 bridgehead atoms. The summed E-state index contributed by atoms with van der Waals surface area (Å²) in [4.78, 5) is 14.7. The van der Waals surface area contributed by atoms with Crippen LogP contribution in [0.3, 0.4) is 0 Å². The molecule has 0 fully saturated rings. The highest BCUT2D eigenvalue weighted by atomic mass is 16.5. The van der Waals surface area contributed by atoms with Gasteiger partial charge in [-0.2, -0.15) is 0 Å². The number of carbonyl (C=O) groups excluding carboxylic acids is 1. The summed E-state index contributed by atoms with van der Waals surface area (Å²) in [6, 6.07) is 16.1. The Bertz CT molecular complexity index is 1180. The van der Waals surface area contributed by atoms with Crippen LogP contribution in [0.5, 0.6) is 5.75 Å². The number of fused-ring (bicyclic) bond motifs is 3. The number of rotatable bonds is 10. The molecule has 3 aliphatic rings. The van der Waals surface area contributed by atoms with E-state index >= 15 is 0 Å². The monoisotopic (exact) mass is 500 g/mol. The Hall–Kier alpha value is -2.99. The molecular weight excluding hydrogens is 464 g/mol. The zero-order chi connectivity index (χ0) is 25.7. The summed E-state index contributed by atoms with van der Waals surface area (Å²) in [7, 11) is 0. The number of ether oxygens (including phenoxy) is 2. The Morgan fingerprint density at radius 2 is 1.73 bits per heavy atom. The molecule has 5 rings (SSSR count). The largest absolute Gasteiger partial charge is 0.494 e. The molecule has 5 nitrogen and oxygen atoms in total. The van der Waals surface area contributed by atoms with E-state index in [2.05, 4.69) is 36.4 Å². The number of allylic oxidation sites excluding steroid dienone is 4. The molecule has 0 saturated carbocycles. The van der Waals surface area contributed by atoms with Gasteiger partial charge in [0, 0.05) is 37.7 Å². The summed E-state index contributed by atoms with van der Waals surface area (Å²) in [6.45, 7) is 1.17. The van der Waals surface area contributed by atoms with E-state index in [1.807, 2.05) is 42.5 Å². The highest BCUT2D eigenvalue weighted by Crippen LogP contribution is 2.56. The Balaban J connectivity index is 1.59. The Kier molecular flexibility index (Phi) is 8.04. The molecule has 0 aliphatic heterocycles. The van der Waals surface area contributed by atoms with Crippen molar-refractivity contribution in [1.82, 2.24) is 0 Å². The highest BCUT2D eigenvalue weighted by Gasteiger charge is 2.55. The molecule has 2 aromatic carbocycles. The van der Waals surface area contributed by atoms with Gasteiger partial charge in [-0.15, -0.1) is 0 Å². The molecule has 3 aliphatic carbocycles. The second-order valence-electron chi connectivity index (χ2n) is 10.1. The zero-order valence-corrected chi connectivity index (χ0v) is 21.2. The fraction of sp³-hybridized carbons (Fsp3) is 0.406. The molecule has 0 saturated heterocycles. The molecule has 0 spiro atoms. The number of Topliss-reactive ketones (excluding diaryl/α,β-unsaturated/α-hetero) is 1. The zero-order valence-electron chi connectivity index (χ0n) is 21.2. The molecular formula is C32H36O5. The second-order valence-corrected chi connectivity index (χ2v) is 10.1. The van der Waals surface area contributed by atoms with Crippen molar-refractivity contribution in [3.05, 3.63) is 101 Å². The minimum atomic E-state index is -0.841. The number of ketones is 1. The molecule has 0 radical (unpaired) electrons. The maximum atomic E-state index is 14.7. The van der Waals surface area contributed by atoms with Gasteiger partial charge in [-0.25, -0.2) is 0 Å². The molecule has 0 aromatic heterocycles. The van der Waals surface area contributed by atoms with E-state index in [0.717, 1.165) is 40.9 Å². The van der Waals surface area contributed by atoms with E-state index in [9.17, 15) is 4.79 Å². The first-order valence-corrected chi connectivity index (χ1v) is 13.5. The van der Waals surface area contributed by atoms with Crippen molar-refractivity contribution in [2.75, 3.05) is 26.4 Å². The molecule has 0 amide bonds. The lowest BCUT2D eigenvalue weighted by atomic mass is 9.51. The third kappa shape index (κ3) is 4.84. The van der Waals surface area contributed by atoms with Crippen molar-refractivity contribution in [3.8, 4) is 5.75 Å². The maximum absolute atomic E-state index is 14.7. The van der Waals surface area contributed by atoms with Crippen LogP contribution in [0, 0.1) is 5.92 Å². The predicted octanol–water partition coefficient (Wildman–Crippen LogP) is 5.29. The van der Waals surface area contributed by atoms with Gasteiger partial charge in [0.15, 0.2) is 5.78 Å². The van der Waals surface area contributed by atoms with Crippen molar-refractivity contribution in [2.45, 2.75) is 49.5 Å². The third-order valence-corrected chi connectivity index (χ3v) is 7.92. The van der Waals surface area contributed by atoms with Crippen LogP contribution in [0.15, 0.2) is 84.5 Å². The van der Waals surface area contributed by atoms with Crippen molar-refractivity contribution >= 4 is 5.78 Å². The van der Waals surface area contributed by atoms with Gasteiger partial charge in [0.25, 0.3) is 0 Å². The Labute approximate surface area is 219 Å². The third-order valence-electron chi connectivity index (χ3n) is 7.92. The molecule has 37 heavy (non-hydrogen) atoms. The van der Waals surface area contributed by atoms with Crippen LogP contribution in [0.1, 0.15) is 59.5 Å². The van der Waals surface area contributed by atoms with Gasteiger partial charge in [-0.3, -0.25) is 4.79 Å². The van der Waals surface area contributed by atoms with Gasteiger partial charge in [0.2, 0.25) is 0 Å². The van der Waals surface area contributed by atoms with E-state index in [4.69, 9.17) is 19.7 Å². The van der Waals surface area contributed by atoms with Gasteiger partial charge in [-0.05, 0) is 60.4 Å². The van der Waals surface area contributed by atoms with Gasteiger partial charge < -0.3 is 19.7 Å². The molecule has 2 N–H and O–H groups in total. The minimum absolute atomic E-state index is 0.00700. The quantitative estimate of drug-likeness (QED) is 0.343. The lowest BCUT2D eigenvalue weighted by Gasteiger charge is -2.49. The van der Waals surface area contributed by atoms with E-state index in [-0.39, 0.29) is 36.9 Å². The summed E-state index contributed by atoms with van der Waals surface area (Å²) >= 11 is 0. The van der Waals surface area contributed by atoms with Gasteiger partial charge in [-0.1, -0.05) is 66.8 Å². The Morgan fingerprint density at radius 3 is 2.49 bits per heavy atom. The predicted molar refractivity (Wildman–Crippen MR) is 144 cm³/mol. The van der Waals surface area contributed by atoms with Crippen LogP contribution in [0.2, 0.25) is 0 Å². The summed E-state index contributed by atoms with van der Waals surface area (Å²) in [6.07, 6.45) is 14.7. The van der Waals surface area contributed by atoms with Crippen molar-refractivity contribution in [1.29, 1.82) is 0 Å². The average molecular weight is 501 g/mol. The molecule has 194 valence electrons. The first kappa shape index (κ1) is 25.7. The summed E-state index contributed by atoms with van der Waals surface area (Å²) in [5, 5.41) is 18.2. The summed E-state index contributed by atoms with van der Waals surface area (Å²) in [5.41, 5.74) is 3.12. The number of benzene rings is 2. The number of carbonyl (C=O) groups is 1. The van der Waals surface area contributed by atoms with Gasteiger partial charge >= 0.3 is 0 Å². The lowest BCUT2D eigenvalue weighted by molar-refractivity contribution is 0.0724. The van der Waals surface area contributed by atoms with E-state index in [1.165, 1.54) is 0 Å². The number of hydrogen-bond acceptors (Lipinski definition) is 5. The van der Waals surface area contributed by atoms with Crippen LogP contribution in [-0.4, -0.2) is 48.5 Å². The normalized spacial score (nSPS) is 26.4. The Morgan fingerprint density at radius 1 is 0.946 bits per heavy atom. The van der Waals surface area contributed by atoms with Gasteiger partial charge in [0.05, 0.1) is 18.1 Å². The smallest absolute Gasteiger partial charge is 0.178 e. The fourth-order valence-corrected chi connectivity index (χ4v) is 6.22. The van der Waals surface area contributed by atoms with Gasteiger partial charge in [0.1, 0.15) is 5.75 Å². The number of hydrogen-bond donors (Lipinski definition) is 2. The van der Waals surface area contributed by atoms with E-state index in [1.54, 1.807) is 0 Å². The molecule has 2 aromatic rings. The molecule has 0 heterocycles. The molecule has 4 unspecified atom stereocenters. The average Bonchev–Trinajstić information content (AvgIpc) is 2.95. The number of aliphatic hydroxyl groups excluding tert-OH is 2. The standard InChI is InChI=1S/C32H36O5/c33-19-5-21-36-25-15-11-23(12-16-25)32(24-13-17-26(18-14-24)37-22-6-20-34)30-10-4-3-8-28(30)27-7-1-2-9-29(27)31(32)35/h1-2,4,7,9-17,26,28,30,33-34H,3,5-6,8,18-22H2. The minimum Gasteiger partial charge on any atom is -0.494 e. The van der Waals surface area contributed by atoms with Crippen LogP contribution in [0.4, 0.5) is 0 Å². The SMILES string of the molecule is O=C1c2ccccc2C2CCC=CC2C1(C1=CCC(OCCCO)C=C1)c1ccc(OCCCO)cc1. The van der Waals surface area contributed by atoms with E-state index in [0.29, 0.717) is 32.5 Å². The van der Waals surface area contributed by atoms with Crippen LogP contribution >= 0.6 is 0 Å². The first-order chi connectivity index (χ1) is 18.2. The maximum Gasteiger partial charge on any atom is 0.178 e. The van der Waals surface area contributed by atoms with Crippen LogP contribution in [0.25, 0.3) is 0 Å². The molecule has 5 heteroatoms. The van der Waals surface area contributed by atoms with Crippen LogP contribution < -0.4 is 4.74 Å².